The van der Waals surface area contributed by atoms with Crippen LogP contribution in [-0.2, 0) is 11.3 Å². The number of amides is 1. The van der Waals surface area contributed by atoms with Crippen LogP contribution in [0.5, 0.6) is 0 Å². The van der Waals surface area contributed by atoms with Gasteiger partial charge in [-0.3, -0.25) is 9.69 Å². The van der Waals surface area contributed by atoms with E-state index in [9.17, 15) is 4.79 Å². The van der Waals surface area contributed by atoms with Crippen LogP contribution in [-0.4, -0.2) is 60.2 Å². The summed E-state index contributed by atoms with van der Waals surface area (Å²) < 4.78 is 5.33. The first-order valence-corrected chi connectivity index (χ1v) is 8.49. The number of nitrogens with one attached hydrogen (secondary N) is 2. The van der Waals surface area contributed by atoms with E-state index in [4.69, 9.17) is 4.74 Å². The average Bonchev–Trinajstić information content (AvgIpc) is 2.68. The molecule has 7 nitrogen and oxygen atoms in total. The van der Waals surface area contributed by atoms with Crippen molar-refractivity contribution in [2.45, 2.75) is 6.54 Å². The van der Waals surface area contributed by atoms with Crippen LogP contribution in [0.1, 0.15) is 16.1 Å². The van der Waals surface area contributed by atoms with Crippen LogP contribution in [0.2, 0.25) is 0 Å². The number of carbonyl (C=O) groups is 1. The molecule has 0 bridgehead atoms. The van der Waals surface area contributed by atoms with Gasteiger partial charge < -0.3 is 15.4 Å². The monoisotopic (exact) mass is 341 g/mol. The van der Waals surface area contributed by atoms with Crippen LogP contribution in [0.3, 0.4) is 0 Å². The third kappa shape index (κ3) is 5.51. The van der Waals surface area contributed by atoms with Crippen LogP contribution in [0, 0.1) is 0 Å². The Balaban J connectivity index is 1.47. The van der Waals surface area contributed by atoms with E-state index in [1.807, 2.05) is 30.3 Å². The largest absolute Gasteiger partial charge is 0.379 e. The summed E-state index contributed by atoms with van der Waals surface area (Å²) in [6.07, 6.45) is 1.41. The third-order valence-corrected chi connectivity index (χ3v) is 4.03. The molecule has 2 heterocycles. The summed E-state index contributed by atoms with van der Waals surface area (Å²) in [5, 5.41) is 6.12. The minimum Gasteiger partial charge on any atom is -0.379 e. The number of morpholine rings is 1. The van der Waals surface area contributed by atoms with Crippen molar-refractivity contribution >= 4 is 11.7 Å². The number of aromatic nitrogens is 2. The summed E-state index contributed by atoms with van der Waals surface area (Å²) in [5.41, 5.74) is 1.41. The number of hydrogen-bond donors (Lipinski definition) is 2. The summed E-state index contributed by atoms with van der Waals surface area (Å²) in [4.78, 5) is 22.8. The van der Waals surface area contributed by atoms with E-state index in [1.165, 1.54) is 6.33 Å². The van der Waals surface area contributed by atoms with E-state index in [0.29, 0.717) is 18.1 Å². The fraction of sp³-hybridized carbons (Fsp3) is 0.389. The van der Waals surface area contributed by atoms with Gasteiger partial charge in [0.2, 0.25) is 0 Å². The molecule has 1 aliphatic heterocycles. The quantitative estimate of drug-likeness (QED) is 0.786. The van der Waals surface area contributed by atoms with Crippen molar-refractivity contribution in [3.8, 4) is 0 Å². The Hall–Kier alpha value is -2.51. The molecule has 0 radical (unpaired) electrons. The fourth-order valence-electron chi connectivity index (χ4n) is 2.61. The van der Waals surface area contributed by atoms with Crippen molar-refractivity contribution in [1.29, 1.82) is 0 Å². The van der Waals surface area contributed by atoms with Gasteiger partial charge in [-0.05, 0) is 5.56 Å². The van der Waals surface area contributed by atoms with E-state index in [1.54, 1.807) is 6.07 Å². The second-order valence-electron chi connectivity index (χ2n) is 5.84. The third-order valence-electron chi connectivity index (χ3n) is 4.03. The number of carbonyl (C=O) groups excluding carboxylic acids is 1. The molecule has 1 aliphatic rings. The molecule has 25 heavy (non-hydrogen) atoms. The van der Waals surface area contributed by atoms with Crippen LogP contribution in [0.25, 0.3) is 0 Å². The lowest BCUT2D eigenvalue weighted by Gasteiger charge is -2.26. The standard InChI is InChI=1S/C18H23N5O2/c24-18(20-13-15-4-2-1-3-5-15)16-12-17(22-14-21-16)19-6-7-23-8-10-25-11-9-23/h1-5,12,14H,6-11,13H2,(H,20,24)(H,19,21,22). The summed E-state index contributed by atoms with van der Waals surface area (Å²) in [6.45, 7) is 5.66. The Labute approximate surface area is 147 Å². The molecular formula is C18H23N5O2. The van der Waals surface area contributed by atoms with Gasteiger partial charge in [0, 0.05) is 38.8 Å². The van der Waals surface area contributed by atoms with Crippen molar-refractivity contribution in [1.82, 2.24) is 20.2 Å². The highest BCUT2D eigenvalue weighted by atomic mass is 16.5. The van der Waals surface area contributed by atoms with Gasteiger partial charge in [-0.15, -0.1) is 0 Å². The number of ether oxygens (including phenoxy) is 1. The van der Waals surface area contributed by atoms with Crippen molar-refractivity contribution in [2.24, 2.45) is 0 Å². The van der Waals surface area contributed by atoms with Gasteiger partial charge in [0.15, 0.2) is 0 Å². The molecule has 0 aliphatic carbocycles. The second-order valence-corrected chi connectivity index (χ2v) is 5.84. The number of nitrogens with zero attached hydrogens (tertiary/aromatic N) is 3. The summed E-state index contributed by atoms with van der Waals surface area (Å²) in [7, 11) is 0. The van der Waals surface area contributed by atoms with Crippen LogP contribution in [0.4, 0.5) is 5.82 Å². The minimum absolute atomic E-state index is 0.206. The molecule has 1 amide bonds. The minimum atomic E-state index is -0.206. The summed E-state index contributed by atoms with van der Waals surface area (Å²) >= 11 is 0. The lowest BCUT2D eigenvalue weighted by Crippen LogP contribution is -2.39. The zero-order valence-corrected chi connectivity index (χ0v) is 14.1. The molecule has 132 valence electrons. The highest BCUT2D eigenvalue weighted by Gasteiger charge is 2.11. The molecule has 0 atom stereocenters. The second kappa shape index (κ2) is 9.10. The summed E-state index contributed by atoms with van der Waals surface area (Å²) in [5.74, 6) is 0.454. The van der Waals surface area contributed by atoms with Crippen molar-refractivity contribution in [3.05, 3.63) is 54.0 Å². The molecule has 3 rings (SSSR count). The van der Waals surface area contributed by atoms with Gasteiger partial charge in [-0.2, -0.15) is 0 Å². The predicted octanol–water partition coefficient (Wildman–Crippen LogP) is 1.15. The molecule has 1 aromatic heterocycles. The van der Waals surface area contributed by atoms with Crippen LogP contribution in [0.15, 0.2) is 42.7 Å². The van der Waals surface area contributed by atoms with E-state index in [-0.39, 0.29) is 5.91 Å². The van der Waals surface area contributed by atoms with E-state index >= 15 is 0 Å². The molecule has 1 fully saturated rings. The van der Waals surface area contributed by atoms with Crippen LogP contribution >= 0.6 is 0 Å². The van der Waals surface area contributed by atoms with E-state index in [2.05, 4.69) is 25.5 Å². The Kier molecular flexibility index (Phi) is 6.30. The maximum absolute atomic E-state index is 12.2. The Morgan fingerprint density at radius 1 is 1.16 bits per heavy atom. The zero-order valence-electron chi connectivity index (χ0n) is 14.1. The van der Waals surface area contributed by atoms with E-state index in [0.717, 1.165) is 45.0 Å². The topological polar surface area (TPSA) is 79.4 Å². The Morgan fingerprint density at radius 3 is 2.76 bits per heavy atom. The summed E-state index contributed by atoms with van der Waals surface area (Å²) in [6, 6.07) is 11.5. The average molecular weight is 341 g/mol. The molecule has 1 aromatic carbocycles. The van der Waals surface area contributed by atoms with Gasteiger partial charge >= 0.3 is 0 Å². The molecule has 2 aromatic rings. The maximum Gasteiger partial charge on any atom is 0.270 e. The molecular weight excluding hydrogens is 318 g/mol. The van der Waals surface area contributed by atoms with Crippen LogP contribution < -0.4 is 10.6 Å². The van der Waals surface area contributed by atoms with Gasteiger partial charge in [-0.1, -0.05) is 30.3 Å². The highest BCUT2D eigenvalue weighted by molar-refractivity contribution is 5.92. The molecule has 2 N–H and O–H groups in total. The maximum atomic E-state index is 12.2. The van der Waals surface area contributed by atoms with Gasteiger partial charge in [0.1, 0.15) is 17.8 Å². The predicted molar refractivity (Wildman–Crippen MR) is 95.4 cm³/mol. The molecule has 1 saturated heterocycles. The number of benzene rings is 1. The normalized spacial score (nSPS) is 14.9. The first-order chi connectivity index (χ1) is 12.3. The Morgan fingerprint density at radius 2 is 1.96 bits per heavy atom. The van der Waals surface area contributed by atoms with Gasteiger partial charge in [-0.25, -0.2) is 9.97 Å². The van der Waals surface area contributed by atoms with E-state index < -0.39 is 0 Å². The number of anilines is 1. The van der Waals surface area contributed by atoms with Crippen molar-refractivity contribution in [2.75, 3.05) is 44.7 Å². The van der Waals surface area contributed by atoms with Gasteiger partial charge in [0.25, 0.3) is 5.91 Å². The molecule has 0 saturated carbocycles. The lowest BCUT2D eigenvalue weighted by atomic mass is 10.2. The number of rotatable bonds is 7. The molecule has 7 heteroatoms. The first-order valence-electron chi connectivity index (χ1n) is 8.49. The lowest BCUT2D eigenvalue weighted by molar-refractivity contribution is 0.0398. The van der Waals surface area contributed by atoms with Crippen molar-refractivity contribution in [3.63, 3.8) is 0 Å². The fourth-order valence-corrected chi connectivity index (χ4v) is 2.61. The van der Waals surface area contributed by atoms with Crippen molar-refractivity contribution < 1.29 is 9.53 Å². The number of hydrogen-bond acceptors (Lipinski definition) is 6. The Bertz CT molecular complexity index is 674. The first kappa shape index (κ1) is 17.3. The highest BCUT2D eigenvalue weighted by Crippen LogP contribution is 2.05. The molecule has 0 unspecified atom stereocenters. The smallest absolute Gasteiger partial charge is 0.270 e. The SMILES string of the molecule is O=C(NCc1ccccc1)c1cc(NCCN2CCOCC2)ncn1. The molecule has 0 spiro atoms. The van der Waals surface area contributed by atoms with Gasteiger partial charge in [0.05, 0.1) is 13.2 Å². The zero-order chi connectivity index (χ0) is 17.3.